The molecule has 9 heteroatoms. The Labute approximate surface area is 271 Å². The fraction of sp³-hybridized carbons (Fsp3) is 0.278. The number of rotatable bonds is 14. The lowest BCUT2D eigenvalue weighted by molar-refractivity contribution is -0.140. The van der Waals surface area contributed by atoms with E-state index in [4.69, 9.17) is 11.6 Å². The average Bonchev–Trinajstić information content (AvgIpc) is 3.03. The van der Waals surface area contributed by atoms with Crippen LogP contribution in [0, 0.1) is 13.8 Å². The largest absolute Gasteiger partial charge is 0.354 e. The minimum absolute atomic E-state index is 0.0550. The van der Waals surface area contributed by atoms with Crippen LogP contribution in [0.15, 0.2) is 108 Å². The highest BCUT2D eigenvalue weighted by atomic mass is 35.5. The molecule has 2 amide bonds. The van der Waals surface area contributed by atoms with E-state index in [1.807, 2.05) is 75.4 Å². The van der Waals surface area contributed by atoms with Crippen LogP contribution >= 0.6 is 11.6 Å². The van der Waals surface area contributed by atoms with Gasteiger partial charge in [-0.05, 0) is 73.4 Å². The highest BCUT2D eigenvalue weighted by Gasteiger charge is 2.34. The monoisotopic (exact) mass is 645 g/mol. The first kappa shape index (κ1) is 33.7. The van der Waals surface area contributed by atoms with Crippen LogP contribution in [-0.2, 0) is 32.6 Å². The Bertz CT molecular complexity index is 1680. The zero-order chi connectivity index (χ0) is 32.4. The Balaban J connectivity index is 1.79. The summed E-state index contributed by atoms with van der Waals surface area (Å²) in [4.78, 5) is 29.9. The fourth-order valence-corrected chi connectivity index (χ4v) is 6.54. The van der Waals surface area contributed by atoms with Crippen LogP contribution in [0.2, 0.25) is 5.02 Å². The molecule has 0 saturated heterocycles. The van der Waals surface area contributed by atoms with E-state index < -0.39 is 28.5 Å². The number of aryl methyl sites for hydroxylation is 2. The second-order valence-corrected chi connectivity index (χ2v) is 13.4. The van der Waals surface area contributed by atoms with Gasteiger partial charge < -0.3 is 10.2 Å². The van der Waals surface area contributed by atoms with Gasteiger partial charge in [-0.2, -0.15) is 0 Å². The van der Waals surface area contributed by atoms with Gasteiger partial charge in [0.2, 0.25) is 11.8 Å². The maximum Gasteiger partial charge on any atom is 0.264 e. The molecule has 0 saturated carbocycles. The van der Waals surface area contributed by atoms with Crippen LogP contribution in [0.25, 0.3) is 0 Å². The van der Waals surface area contributed by atoms with E-state index in [-0.39, 0.29) is 29.5 Å². The third kappa shape index (κ3) is 8.96. The third-order valence-electron chi connectivity index (χ3n) is 7.71. The van der Waals surface area contributed by atoms with Crippen molar-refractivity contribution in [1.29, 1.82) is 0 Å². The average molecular weight is 646 g/mol. The molecule has 1 N–H and O–H groups in total. The summed E-state index contributed by atoms with van der Waals surface area (Å²) in [6, 6.07) is 29.1. The van der Waals surface area contributed by atoms with Crippen LogP contribution in [-0.4, -0.2) is 44.3 Å². The van der Waals surface area contributed by atoms with Gasteiger partial charge in [0, 0.05) is 24.5 Å². The zero-order valence-electron chi connectivity index (χ0n) is 25.9. The van der Waals surface area contributed by atoms with Crippen molar-refractivity contribution >= 4 is 39.1 Å². The van der Waals surface area contributed by atoms with Gasteiger partial charge in [0.1, 0.15) is 12.6 Å². The topological polar surface area (TPSA) is 86.8 Å². The van der Waals surface area contributed by atoms with E-state index in [0.29, 0.717) is 11.6 Å². The number of amides is 2. The summed E-state index contributed by atoms with van der Waals surface area (Å²) in [7, 11) is -4.17. The van der Waals surface area contributed by atoms with E-state index in [1.165, 1.54) is 17.0 Å². The van der Waals surface area contributed by atoms with Gasteiger partial charge in [-0.3, -0.25) is 13.9 Å². The standard InChI is InChI=1S/C36H40ClN3O4S/c1-4-5-23-38-36(42)34(24-29-12-7-6-8-13-29)39(25-30-14-10-9-11-28(30)3)35(41)26-40(32-19-17-31(37)18-20-32)45(43,44)33-21-15-27(2)16-22-33/h6-22,34H,4-5,23-26H2,1-3H3,(H,38,42). The molecule has 0 aliphatic heterocycles. The van der Waals surface area contributed by atoms with Gasteiger partial charge in [0.25, 0.3) is 10.0 Å². The summed E-state index contributed by atoms with van der Waals surface area (Å²) < 4.78 is 29.3. The molecule has 0 fully saturated rings. The number of nitrogens with one attached hydrogen (secondary N) is 1. The molecule has 1 unspecified atom stereocenters. The predicted molar refractivity (Wildman–Crippen MR) is 181 cm³/mol. The number of halogens is 1. The molecule has 1 atom stereocenters. The second kappa shape index (κ2) is 15.7. The minimum atomic E-state index is -4.17. The quantitative estimate of drug-likeness (QED) is 0.155. The number of hydrogen-bond acceptors (Lipinski definition) is 4. The van der Waals surface area contributed by atoms with E-state index >= 15 is 0 Å². The molecule has 0 heterocycles. The number of unbranched alkanes of at least 4 members (excludes halogenated alkanes) is 1. The highest BCUT2D eigenvalue weighted by molar-refractivity contribution is 7.92. The lowest BCUT2D eigenvalue weighted by Crippen LogP contribution is -2.53. The highest BCUT2D eigenvalue weighted by Crippen LogP contribution is 2.27. The van der Waals surface area contributed by atoms with Gasteiger partial charge in [-0.25, -0.2) is 8.42 Å². The lowest BCUT2D eigenvalue weighted by Gasteiger charge is -2.34. The molecule has 0 aromatic heterocycles. The molecule has 4 aromatic rings. The molecule has 0 radical (unpaired) electrons. The number of carbonyl (C=O) groups is 2. The number of nitrogens with zero attached hydrogens (tertiary/aromatic N) is 2. The van der Waals surface area contributed by atoms with Crippen LogP contribution in [0.3, 0.4) is 0 Å². The van der Waals surface area contributed by atoms with E-state index in [2.05, 4.69) is 5.32 Å². The molecule has 4 aromatic carbocycles. The predicted octanol–water partition coefficient (Wildman–Crippen LogP) is 6.71. The van der Waals surface area contributed by atoms with Gasteiger partial charge >= 0.3 is 0 Å². The summed E-state index contributed by atoms with van der Waals surface area (Å²) in [6.07, 6.45) is 1.97. The molecule has 0 spiro atoms. The van der Waals surface area contributed by atoms with E-state index in [9.17, 15) is 18.0 Å². The second-order valence-electron chi connectivity index (χ2n) is 11.1. The van der Waals surface area contributed by atoms with Gasteiger partial charge in [-0.15, -0.1) is 0 Å². The van der Waals surface area contributed by atoms with Crippen molar-refractivity contribution in [3.8, 4) is 0 Å². The first-order valence-corrected chi connectivity index (χ1v) is 16.9. The normalized spacial score (nSPS) is 11.9. The summed E-state index contributed by atoms with van der Waals surface area (Å²) in [6.45, 7) is 5.96. The van der Waals surface area contributed by atoms with E-state index in [0.717, 1.165) is 39.4 Å². The van der Waals surface area contributed by atoms with Crippen molar-refractivity contribution in [2.24, 2.45) is 0 Å². The molecular formula is C36H40ClN3O4S. The Kier molecular flexibility index (Phi) is 11.8. The maximum absolute atomic E-state index is 14.5. The van der Waals surface area contributed by atoms with Crippen molar-refractivity contribution in [1.82, 2.24) is 10.2 Å². The SMILES string of the molecule is CCCCNC(=O)C(Cc1ccccc1)N(Cc1ccccc1C)C(=O)CN(c1ccc(Cl)cc1)S(=O)(=O)c1ccc(C)cc1. The lowest BCUT2D eigenvalue weighted by atomic mass is 10.0. The number of benzene rings is 4. The molecule has 0 aliphatic carbocycles. The van der Waals surface area contributed by atoms with Gasteiger partial charge in [0.05, 0.1) is 10.6 Å². The summed E-state index contributed by atoms with van der Waals surface area (Å²) in [5.41, 5.74) is 3.91. The maximum atomic E-state index is 14.5. The van der Waals surface area contributed by atoms with Crippen LogP contribution in [0.1, 0.15) is 42.0 Å². The Morgan fingerprint density at radius 2 is 1.49 bits per heavy atom. The number of sulfonamides is 1. The number of hydrogen-bond donors (Lipinski definition) is 1. The van der Waals surface area contributed by atoms with Crippen molar-refractivity contribution in [2.75, 3.05) is 17.4 Å². The molecule has 0 aliphatic rings. The van der Waals surface area contributed by atoms with Gasteiger partial charge in [-0.1, -0.05) is 97.2 Å². The molecule has 4 rings (SSSR count). The Hall–Kier alpha value is -4.14. The number of anilines is 1. The first-order valence-electron chi connectivity index (χ1n) is 15.1. The van der Waals surface area contributed by atoms with Crippen LogP contribution in [0.5, 0.6) is 0 Å². The molecule has 7 nitrogen and oxygen atoms in total. The molecular weight excluding hydrogens is 606 g/mol. The summed E-state index contributed by atoms with van der Waals surface area (Å²) >= 11 is 6.14. The number of carbonyl (C=O) groups excluding carboxylic acids is 2. The van der Waals surface area contributed by atoms with Crippen LogP contribution < -0.4 is 9.62 Å². The van der Waals surface area contributed by atoms with Crippen molar-refractivity contribution in [2.45, 2.75) is 57.5 Å². The smallest absolute Gasteiger partial charge is 0.264 e. The fourth-order valence-electron chi connectivity index (χ4n) is 5.00. The summed E-state index contributed by atoms with van der Waals surface area (Å²) in [5, 5.41) is 3.45. The van der Waals surface area contributed by atoms with E-state index in [1.54, 1.807) is 36.4 Å². The van der Waals surface area contributed by atoms with Crippen molar-refractivity contribution in [3.63, 3.8) is 0 Å². The molecule has 0 bridgehead atoms. The Morgan fingerprint density at radius 1 is 0.844 bits per heavy atom. The third-order valence-corrected chi connectivity index (χ3v) is 9.75. The van der Waals surface area contributed by atoms with Crippen molar-refractivity contribution < 1.29 is 18.0 Å². The first-order chi connectivity index (χ1) is 21.6. The molecule has 236 valence electrons. The van der Waals surface area contributed by atoms with Gasteiger partial charge in [0.15, 0.2) is 0 Å². The minimum Gasteiger partial charge on any atom is -0.354 e. The summed E-state index contributed by atoms with van der Waals surface area (Å²) in [5.74, 6) is -0.788. The molecule has 45 heavy (non-hydrogen) atoms. The van der Waals surface area contributed by atoms with Crippen molar-refractivity contribution in [3.05, 3.63) is 130 Å². The Morgan fingerprint density at radius 3 is 2.13 bits per heavy atom. The van der Waals surface area contributed by atoms with Crippen LogP contribution in [0.4, 0.5) is 5.69 Å². The zero-order valence-corrected chi connectivity index (χ0v) is 27.5.